The number of piperidine rings is 1. The van der Waals surface area contributed by atoms with Crippen LogP contribution >= 0.6 is 23.2 Å². The summed E-state index contributed by atoms with van der Waals surface area (Å²) in [5, 5.41) is 0.954. The van der Waals surface area contributed by atoms with Gasteiger partial charge in [-0.15, -0.1) is 6.58 Å². The molecule has 4 atom stereocenters. The molecule has 2 aromatic rings. The topological polar surface area (TPSA) is 57.7 Å². The second kappa shape index (κ2) is 12.3. The molecule has 8 heteroatoms. The van der Waals surface area contributed by atoms with Crippen molar-refractivity contribution in [1.82, 2.24) is 9.21 Å². The fourth-order valence-electron chi connectivity index (χ4n) is 6.23. The number of halogens is 2. The summed E-state index contributed by atoms with van der Waals surface area (Å²) < 4.78 is 28.6. The number of benzene rings is 2. The smallest absolute Gasteiger partial charge is 0.229 e. The third-order valence-electron chi connectivity index (χ3n) is 8.65. The van der Waals surface area contributed by atoms with Crippen molar-refractivity contribution in [1.29, 1.82) is 0 Å². The zero-order valence-corrected chi connectivity index (χ0v) is 25.5. The van der Waals surface area contributed by atoms with Crippen LogP contribution < -0.4 is 0 Å². The highest BCUT2D eigenvalue weighted by molar-refractivity contribution is 7.89. The number of hydrogen-bond donors (Lipinski definition) is 0. The van der Waals surface area contributed by atoms with E-state index >= 15 is 0 Å². The molecule has 5 nitrogen and oxygen atoms in total. The van der Waals surface area contributed by atoms with Crippen LogP contribution in [0.1, 0.15) is 82.4 Å². The molecule has 1 aliphatic heterocycles. The van der Waals surface area contributed by atoms with E-state index in [2.05, 4.69) is 12.6 Å². The quantitative estimate of drug-likeness (QED) is 0.253. The van der Waals surface area contributed by atoms with Crippen LogP contribution in [0.2, 0.25) is 10.0 Å². The molecule has 212 valence electrons. The van der Waals surface area contributed by atoms with Gasteiger partial charge in [-0.2, -0.15) is 4.31 Å². The van der Waals surface area contributed by atoms with Crippen LogP contribution in [-0.4, -0.2) is 47.9 Å². The SMILES string of the molecule is C=CCC1(C)CC(c2cccc(Cl)c2)C(c2ccc(Cl)cc2)N(C(CC)CN(CC)S(=O)(=O)C2CCC2)C1=O. The van der Waals surface area contributed by atoms with Crippen LogP contribution in [0.25, 0.3) is 0 Å². The molecule has 4 rings (SSSR count). The number of carbonyl (C=O) groups excluding carboxylic acids is 1. The summed E-state index contributed by atoms with van der Waals surface area (Å²) in [6.45, 7) is 10.5. The molecule has 1 saturated carbocycles. The summed E-state index contributed by atoms with van der Waals surface area (Å²) in [5.74, 6) is -0.0236. The van der Waals surface area contributed by atoms with E-state index in [1.807, 2.05) is 74.2 Å². The summed E-state index contributed by atoms with van der Waals surface area (Å²) >= 11 is 12.7. The van der Waals surface area contributed by atoms with Crippen molar-refractivity contribution in [2.45, 2.75) is 82.5 Å². The lowest BCUT2D eigenvalue weighted by atomic mass is 9.67. The number of rotatable bonds is 11. The van der Waals surface area contributed by atoms with Crippen molar-refractivity contribution >= 4 is 39.1 Å². The Balaban J connectivity index is 1.85. The number of allylic oxidation sites excluding steroid dienone is 1. The second-order valence-electron chi connectivity index (χ2n) is 11.2. The third kappa shape index (κ3) is 6.09. The van der Waals surface area contributed by atoms with Gasteiger partial charge in [0.25, 0.3) is 0 Å². The van der Waals surface area contributed by atoms with E-state index in [-0.39, 0.29) is 35.7 Å². The van der Waals surface area contributed by atoms with Crippen LogP contribution in [0, 0.1) is 5.41 Å². The summed E-state index contributed by atoms with van der Waals surface area (Å²) in [5.41, 5.74) is 1.34. The van der Waals surface area contributed by atoms with Gasteiger partial charge < -0.3 is 4.90 Å². The van der Waals surface area contributed by atoms with E-state index in [0.29, 0.717) is 48.7 Å². The van der Waals surface area contributed by atoms with Gasteiger partial charge in [-0.05, 0) is 67.5 Å². The van der Waals surface area contributed by atoms with E-state index in [1.54, 1.807) is 4.31 Å². The van der Waals surface area contributed by atoms with Crippen LogP contribution in [0.4, 0.5) is 0 Å². The highest BCUT2D eigenvalue weighted by Gasteiger charge is 2.51. The molecule has 1 aliphatic carbocycles. The van der Waals surface area contributed by atoms with Gasteiger partial charge in [0.05, 0.1) is 16.7 Å². The molecule has 2 aromatic carbocycles. The first-order valence-corrected chi connectivity index (χ1v) is 16.2. The first-order chi connectivity index (χ1) is 18.6. The molecule has 4 unspecified atom stereocenters. The molecule has 0 aromatic heterocycles. The molecule has 1 heterocycles. The number of nitrogens with zero attached hydrogens (tertiary/aromatic N) is 2. The number of hydrogen-bond acceptors (Lipinski definition) is 3. The minimum Gasteiger partial charge on any atom is -0.330 e. The maximum absolute atomic E-state index is 14.5. The van der Waals surface area contributed by atoms with Crippen molar-refractivity contribution in [3.05, 3.63) is 82.4 Å². The Labute approximate surface area is 244 Å². The fraction of sp³-hybridized carbons (Fsp3) is 0.516. The lowest BCUT2D eigenvalue weighted by Gasteiger charge is -2.52. The Hall–Kier alpha value is -1.86. The average molecular weight is 592 g/mol. The van der Waals surface area contributed by atoms with Crippen LogP contribution in [0.15, 0.2) is 61.2 Å². The van der Waals surface area contributed by atoms with Crippen LogP contribution in [0.5, 0.6) is 0 Å². The van der Waals surface area contributed by atoms with E-state index in [1.165, 1.54) is 0 Å². The monoisotopic (exact) mass is 590 g/mol. The molecule has 2 fully saturated rings. The summed E-state index contributed by atoms with van der Waals surface area (Å²) in [7, 11) is -3.43. The van der Waals surface area contributed by atoms with Gasteiger partial charge in [0.15, 0.2) is 0 Å². The van der Waals surface area contributed by atoms with Gasteiger partial charge in [0, 0.05) is 35.1 Å². The molecule has 0 spiro atoms. The van der Waals surface area contributed by atoms with Gasteiger partial charge >= 0.3 is 0 Å². The molecule has 0 bridgehead atoms. The first kappa shape index (κ1) is 30.1. The number of amides is 1. The second-order valence-corrected chi connectivity index (χ2v) is 14.3. The molecule has 1 saturated heterocycles. The van der Waals surface area contributed by atoms with Crippen molar-refractivity contribution in [2.24, 2.45) is 5.41 Å². The van der Waals surface area contributed by atoms with Gasteiger partial charge in [-0.25, -0.2) is 8.42 Å². The van der Waals surface area contributed by atoms with E-state index in [9.17, 15) is 13.2 Å². The predicted molar refractivity (Wildman–Crippen MR) is 161 cm³/mol. The maximum Gasteiger partial charge on any atom is 0.229 e. The first-order valence-electron chi connectivity index (χ1n) is 14.0. The normalized spacial score (nSPS) is 25.0. The highest BCUT2D eigenvalue weighted by Crippen LogP contribution is 2.52. The number of likely N-dealkylation sites (N-methyl/N-ethyl adjacent to an activating group) is 1. The molecular weight excluding hydrogens is 551 g/mol. The van der Waals surface area contributed by atoms with Crippen LogP contribution in [-0.2, 0) is 14.8 Å². The predicted octanol–water partition coefficient (Wildman–Crippen LogP) is 7.62. The molecule has 39 heavy (non-hydrogen) atoms. The zero-order chi connectivity index (χ0) is 28.4. The number of sulfonamides is 1. The Morgan fingerprint density at radius 3 is 2.33 bits per heavy atom. The Kier molecular flexibility index (Phi) is 9.52. The summed E-state index contributed by atoms with van der Waals surface area (Å²) in [6, 6.07) is 14.9. The largest absolute Gasteiger partial charge is 0.330 e. The molecule has 1 amide bonds. The fourth-order valence-corrected chi connectivity index (χ4v) is 8.64. The molecular formula is C31H40Cl2N2O3S. The lowest BCUT2D eigenvalue weighted by Crippen LogP contribution is -2.58. The average Bonchev–Trinajstić information content (AvgIpc) is 2.86. The maximum atomic E-state index is 14.5. The molecule has 2 aliphatic rings. The minimum atomic E-state index is -3.43. The summed E-state index contributed by atoms with van der Waals surface area (Å²) in [6.07, 6.45) is 5.95. The Morgan fingerprint density at radius 1 is 1.10 bits per heavy atom. The van der Waals surface area contributed by atoms with Gasteiger partial charge in [0.2, 0.25) is 15.9 Å². The third-order valence-corrected chi connectivity index (χ3v) is 11.6. The van der Waals surface area contributed by atoms with Crippen molar-refractivity contribution in [3.63, 3.8) is 0 Å². The van der Waals surface area contributed by atoms with Crippen molar-refractivity contribution < 1.29 is 13.2 Å². The molecule has 0 N–H and O–H groups in total. The highest BCUT2D eigenvalue weighted by atomic mass is 35.5. The van der Waals surface area contributed by atoms with E-state index in [4.69, 9.17) is 23.2 Å². The Morgan fingerprint density at radius 2 is 1.79 bits per heavy atom. The van der Waals surface area contributed by atoms with E-state index in [0.717, 1.165) is 17.5 Å². The van der Waals surface area contributed by atoms with Crippen LogP contribution in [0.3, 0.4) is 0 Å². The Bertz CT molecular complexity index is 1280. The number of likely N-dealkylation sites (tertiary alicyclic amines) is 1. The van der Waals surface area contributed by atoms with Crippen molar-refractivity contribution in [3.8, 4) is 0 Å². The van der Waals surface area contributed by atoms with Gasteiger partial charge in [-0.1, -0.05) is 80.7 Å². The zero-order valence-electron chi connectivity index (χ0n) is 23.2. The van der Waals surface area contributed by atoms with E-state index < -0.39 is 15.4 Å². The van der Waals surface area contributed by atoms with Crippen molar-refractivity contribution in [2.75, 3.05) is 13.1 Å². The minimum absolute atomic E-state index is 0.0320. The molecule has 0 radical (unpaired) electrons. The summed E-state index contributed by atoms with van der Waals surface area (Å²) in [4.78, 5) is 16.5. The standard InChI is InChI=1S/C31H40Cl2N2O3S/c1-5-18-31(4)20-28(23-10-8-11-25(33)19-23)29(22-14-16-24(32)17-15-22)35(30(31)36)26(6-2)21-34(7-3)39(37,38)27-12-9-13-27/h5,8,10-11,14-17,19,26-29H,1,6-7,9,12-13,18,20-21H2,2-4H3. The van der Waals surface area contributed by atoms with Gasteiger partial charge in [-0.3, -0.25) is 4.79 Å². The lowest BCUT2D eigenvalue weighted by molar-refractivity contribution is -0.154. The van der Waals surface area contributed by atoms with Gasteiger partial charge in [0.1, 0.15) is 0 Å². The number of carbonyl (C=O) groups is 1.